The fourth-order valence-electron chi connectivity index (χ4n) is 17.6. The average molecular weight is 1360 g/mol. The van der Waals surface area contributed by atoms with Crippen molar-refractivity contribution in [3.05, 3.63) is 168 Å². The topological polar surface area (TPSA) is 146 Å². The van der Waals surface area contributed by atoms with Crippen LogP contribution in [0.1, 0.15) is 104 Å². The predicted molar refractivity (Wildman–Crippen MR) is 378 cm³/mol. The normalized spacial score (nSPS) is 20.8. The maximum atomic E-state index is 14.2. The number of anilines is 5. The van der Waals surface area contributed by atoms with Gasteiger partial charge in [0.25, 0.3) is 5.91 Å². The Morgan fingerprint density at radius 1 is 0.404 bits per heavy atom. The number of aromatic nitrogens is 3. The second-order valence-corrected chi connectivity index (χ2v) is 29.5. The molecule has 99 heavy (non-hydrogen) atoms. The van der Waals surface area contributed by atoms with Crippen molar-refractivity contribution in [1.29, 1.82) is 0 Å². The van der Waals surface area contributed by atoms with Gasteiger partial charge in [-0.15, -0.1) is 0 Å². The first-order valence-corrected chi connectivity index (χ1v) is 35.5. The third kappa shape index (κ3) is 14.3. The maximum Gasteiger partial charge on any atom is 0.323 e. The van der Waals surface area contributed by atoms with E-state index in [0.717, 1.165) is 182 Å². The molecule has 3 spiro atoms. The van der Waals surface area contributed by atoms with Crippen LogP contribution in [0.2, 0.25) is 0 Å². The number of rotatable bonds is 6. The van der Waals surface area contributed by atoms with E-state index in [1.165, 1.54) is 42.2 Å². The molecule has 23 heteroatoms. The van der Waals surface area contributed by atoms with Gasteiger partial charge < -0.3 is 44.1 Å². The van der Waals surface area contributed by atoms with Crippen LogP contribution in [0.5, 0.6) is 0 Å². The molecule has 0 atom stereocenters. The lowest BCUT2D eigenvalue weighted by molar-refractivity contribution is 0.0526. The molecular weight excluding hydrogens is 1260 g/mol. The van der Waals surface area contributed by atoms with Crippen LogP contribution in [0.3, 0.4) is 0 Å². The van der Waals surface area contributed by atoms with Gasteiger partial charge in [0.1, 0.15) is 29.0 Å². The van der Waals surface area contributed by atoms with E-state index >= 15 is 0 Å². The Balaban J connectivity index is 0.000000133. The predicted octanol–water partition coefficient (Wildman–Crippen LogP) is 10.9. The number of piperidine rings is 6. The van der Waals surface area contributed by atoms with E-state index < -0.39 is 0 Å². The minimum absolute atomic E-state index is 0.0278. The number of carbonyl (C=O) groups excluding carboxylic acids is 4. The second kappa shape index (κ2) is 29.0. The second-order valence-electron chi connectivity index (χ2n) is 29.5. The zero-order chi connectivity index (χ0) is 69.3. The molecule has 6 saturated heterocycles. The molecule has 15 rings (SSSR count). The summed E-state index contributed by atoms with van der Waals surface area (Å²) in [6.45, 7) is 13.1. The first kappa shape index (κ1) is 69.1. The number of fused-ring (bicyclic) bond motifs is 6. The molecule has 0 aliphatic carbocycles. The van der Waals surface area contributed by atoms with Crippen LogP contribution < -0.4 is 24.5 Å². The molecule has 0 bridgehead atoms. The standard InChI is InChI=1S/C26H32F2N4O.C25H31FN6O2.C25H32FN5O/c1-29(2)25(33)32-18-26(23-17-20(28)5-8-24(23)32)11-15-31(16-12-26)22-9-13-30(14-10-22)21-6-3-19(27)4-7-21;1-29(2)24(34)32-17-25(20-15-18(26)3-4-22(20)32)7-13-30(14-8-25)19-5-11-31(12-6-19)23(33)21-16-27-9-10-28-21;1-28(2)24(32)31-18-25(22-16-19(26)5-6-23(22)31)9-14-30(15-10-25)20-7-12-29(13-8-20)21-4-3-11-27-17-21/h3-8,17,22H,9-16,18H2,1-2H3;3-4,9-10,15-16,19H,5-8,11-14,17H2,1-2H3;3-6,11,16-17,20H,7-10,12-15,18H2,1-2H3. The fraction of sp³-hybridized carbons (Fsp3) is 0.513. The number of nitrogens with zero attached hydrogens (tertiary/aromatic N) is 15. The van der Waals surface area contributed by atoms with Gasteiger partial charge >= 0.3 is 18.1 Å². The average Bonchev–Trinajstić information content (AvgIpc) is 1.61. The molecule has 11 heterocycles. The van der Waals surface area contributed by atoms with Crippen LogP contribution in [0.25, 0.3) is 0 Å². The van der Waals surface area contributed by atoms with Gasteiger partial charge in [0.2, 0.25) is 0 Å². The summed E-state index contributed by atoms with van der Waals surface area (Å²) in [6.07, 6.45) is 20.3. The van der Waals surface area contributed by atoms with Crippen LogP contribution in [0, 0.1) is 23.3 Å². The third-order valence-corrected chi connectivity index (χ3v) is 23.2. The van der Waals surface area contributed by atoms with E-state index in [1.807, 2.05) is 45.3 Å². The molecule has 0 saturated carbocycles. The first-order chi connectivity index (χ1) is 47.7. The Labute approximate surface area is 579 Å². The van der Waals surface area contributed by atoms with Gasteiger partial charge in [-0.2, -0.15) is 0 Å². The number of likely N-dealkylation sites (tertiary alicyclic amines) is 4. The monoisotopic (exact) mass is 1360 g/mol. The maximum absolute atomic E-state index is 14.2. The SMILES string of the molecule is CN(C)C(=O)N1CC2(CCN(C3CCN(C(=O)c4cnccn4)CC3)CC2)c2cc(F)ccc21.CN(C)C(=O)N1CC2(CCN(C3CCN(c4ccc(F)cc4)CC3)CC2)c2cc(F)ccc21.CN(C)C(=O)N1CC2(CCN(C3CCN(c4cccnc4)CC3)CC2)c2cc(F)ccc21. The highest BCUT2D eigenvalue weighted by Crippen LogP contribution is 2.51. The van der Waals surface area contributed by atoms with E-state index in [-0.39, 0.29) is 63.5 Å². The van der Waals surface area contributed by atoms with Crippen molar-refractivity contribution < 1.29 is 36.7 Å². The van der Waals surface area contributed by atoms with E-state index in [4.69, 9.17) is 0 Å². The molecule has 526 valence electrons. The number of benzene rings is 4. The van der Waals surface area contributed by atoms with Gasteiger partial charge in [0.05, 0.1) is 18.1 Å². The van der Waals surface area contributed by atoms with E-state index in [0.29, 0.717) is 56.5 Å². The number of hydrogen-bond donors (Lipinski definition) is 0. The van der Waals surface area contributed by atoms with Gasteiger partial charge in [0, 0.05) is 177 Å². The zero-order valence-electron chi connectivity index (χ0n) is 58.2. The van der Waals surface area contributed by atoms with Gasteiger partial charge in [0.15, 0.2) is 0 Å². The lowest BCUT2D eigenvalue weighted by atomic mass is 9.74. The molecule has 9 aliphatic rings. The molecule has 4 aromatic carbocycles. The summed E-state index contributed by atoms with van der Waals surface area (Å²) in [5, 5.41) is 0. The van der Waals surface area contributed by atoms with Gasteiger partial charge in [-0.25, -0.2) is 36.9 Å². The zero-order valence-corrected chi connectivity index (χ0v) is 58.2. The fourth-order valence-corrected chi connectivity index (χ4v) is 17.6. The summed E-state index contributed by atoms with van der Waals surface area (Å²) in [5.41, 5.74) is 7.70. The summed E-state index contributed by atoms with van der Waals surface area (Å²) in [5.74, 6) is -0.954. The highest BCUT2D eigenvalue weighted by molar-refractivity contribution is 5.97. The van der Waals surface area contributed by atoms with E-state index in [9.17, 15) is 36.7 Å². The summed E-state index contributed by atoms with van der Waals surface area (Å²) in [7, 11) is 10.6. The highest BCUT2D eigenvalue weighted by atomic mass is 19.1. The number of pyridine rings is 1. The summed E-state index contributed by atoms with van der Waals surface area (Å²) >= 11 is 0. The molecule has 6 fully saturated rings. The minimum atomic E-state index is -0.250. The Morgan fingerprint density at radius 3 is 1.10 bits per heavy atom. The van der Waals surface area contributed by atoms with E-state index in [1.54, 1.807) is 111 Å². The van der Waals surface area contributed by atoms with Gasteiger partial charge in [-0.1, -0.05) is 0 Å². The lowest BCUT2D eigenvalue weighted by Gasteiger charge is -2.45. The Morgan fingerprint density at radius 2 is 0.758 bits per heavy atom. The molecule has 7 amide bonds. The quantitative estimate of drug-likeness (QED) is 0.146. The van der Waals surface area contributed by atoms with Crippen LogP contribution in [0.15, 0.2) is 122 Å². The molecule has 6 aromatic rings. The molecule has 0 unspecified atom stereocenters. The van der Waals surface area contributed by atoms with Crippen LogP contribution in [0.4, 0.5) is 60.4 Å². The lowest BCUT2D eigenvalue weighted by Crippen LogP contribution is -2.52. The van der Waals surface area contributed by atoms with Gasteiger partial charge in [-0.05, 0) is 224 Å². The van der Waals surface area contributed by atoms with Crippen molar-refractivity contribution in [3.63, 3.8) is 0 Å². The van der Waals surface area contributed by atoms with Crippen LogP contribution >= 0.6 is 0 Å². The van der Waals surface area contributed by atoms with Crippen LogP contribution in [-0.2, 0) is 16.2 Å². The molecule has 2 aromatic heterocycles. The third-order valence-electron chi connectivity index (χ3n) is 23.2. The molecule has 0 radical (unpaired) electrons. The molecule has 19 nitrogen and oxygen atoms in total. The Kier molecular flexibility index (Phi) is 20.3. The van der Waals surface area contributed by atoms with Crippen molar-refractivity contribution in [2.75, 3.05) is 165 Å². The van der Waals surface area contributed by atoms with Crippen LogP contribution in [-0.4, -0.2) is 232 Å². The minimum Gasteiger partial charge on any atom is -0.371 e. The van der Waals surface area contributed by atoms with E-state index in [2.05, 4.69) is 45.5 Å². The van der Waals surface area contributed by atoms with Crippen molar-refractivity contribution >= 4 is 52.4 Å². The molecular formula is C76H95F4N15O4. The number of amides is 7. The number of halogens is 4. The van der Waals surface area contributed by atoms with Crippen molar-refractivity contribution in [3.8, 4) is 0 Å². The van der Waals surface area contributed by atoms with Crippen molar-refractivity contribution in [2.24, 2.45) is 0 Å². The van der Waals surface area contributed by atoms with Crippen molar-refractivity contribution in [2.45, 2.75) is 111 Å². The first-order valence-electron chi connectivity index (χ1n) is 35.5. The van der Waals surface area contributed by atoms with Crippen molar-refractivity contribution in [1.82, 2.24) is 49.3 Å². The Bertz CT molecular complexity index is 3820. The number of urea groups is 3. The van der Waals surface area contributed by atoms with Gasteiger partial charge in [-0.3, -0.25) is 29.5 Å². The summed E-state index contributed by atoms with van der Waals surface area (Å²) < 4.78 is 55.9. The largest absolute Gasteiger partial charge is 0.371 e. The smallest absolute Gasteiger partial charge is 0.323 e. The Hall–Kier alpha value is -8.41. The summed E-state index contributed by atoms with van der Waals surface area (Å²) in [4.78, 5) is 88.1. The summed E-state index contributed by atoms with van der Waals surface area (Å²) in [6, 6.07) is 26.9. The number of hydrogen-bond acceptors (Lipinski definition) is 12. The molecule has 9 aliphatic heterocycles. The molecule has 0 N–H and O–H groups in total. The number of carbonyl (C=O) groups is 4. The highest BCUT2D eigenvalue weighted by Gasteiger charge is 2.51.